The minimum Gasteiger partial charge on any atom is -0.375 e. The number of rotatable bonds is 5. The van der Waals surface area contributed by atoms with Gasteiger partial charge in [0.25, 0.3) is 0 Å². The lowest BCUT2D eigenvalue weighted by Crippen LogP contribution is -2.47. The Hall–Kier alpha value is -1.19. The average molecular weight is 287 g/mol. The highest BCUT2D eigenvalue weighted by Crippen LogP contribution is 2.44. The largest absolute Gasteiger partial charge is 0.375 e. The van der Waals surface area contributed by atoms with E-state index in [9.17, 15) is 4.79 Å². The van der Waals surface area contributed by atoms with Crippen LogP contribution in [0.5, 0.6) is 0 Å². The SMILES string of the molecule is NC(CCC(=O)C1CCOC2(CCC2)C1)c1ccccc1. The molecule has 2 unspecified atom stereocenters. The number of hydrogen-bond acceptors (Lipinski definition) is 3. The van der Waals surface area contributed by atoms with E-state index in [2.05, 4.69) is 0 Å². The molecular weight excluding hydrogens is 262 g/mol. The van der Waals surface area contributed by atoms with Crippen LogP contribution in [-0.4, -0.2) is 18.0 Å². The maximum absolute atomic E-state index is 12.5. The third-order valence-electron chi connectivity index (χ3n) is 5.14. The topological polar surface area (TPSA) is 52.3 Å². The second-order valence-corrected chi connectivity index (χ2v) is 6.60. The van der Waals surface area contributed by atoms with Crippen LogP contribution in [0.1, 0.15) is 56.6 Å². The molecule has 114 valence electrons. The van der Waals surface area contributed by atoms with Crippen LogP contribution in [-0.2, 0) is 9.53 Å². The van der Waals surface area contributed by atoms with Crippen molar-refractivity contribution in [1.82, 2.24) is 0 Å². The first-order valence-electron chi connectivity index (χ1n) is 8.16. The van der Waals surface area contributed by atoms with Crippen LogP contribution in [0, 0.1) is 5.92 Å². The van der Waals surface area contributed by atoms with Gasteiger partial charge in [-0.05, 0) is 44.1 Å². The van der Waals surface area contributed by atoms with Gasteiger partial charge in [-0.25, -0.2) is 0 Å². The fourth-order valence-electron chi connectivity index (χ4n) is 3.59. The van der Waals surface area contributed by atoms with E-state index in [0.29, 0.717) is 12.2 Å². The summed E-state index contributed by atoms with van der Waals surface area (Å²) in [4.78, 5) is 12.5. The molecule has 1 spiro atoms. The monoisotopic (exact) mass is 287 g/mol. The van der Waals surface area contributed by atoms with E-state index < -0.39 is 0 Å². The third kappa shape index (κ3) is 3.35. The Labute approximate surface area is 126 Å². The maximum atomic E-state index is 12.5. The van der Waals surface area contributed by atoms with Crippen molar-refractivity contribution in [2.45, 2.75) is 56.6 Å². The number of ketones is 1. The summed E-state index contributed by atoms with van der Waals surface area (Å²) in [5, 5.41) is 0. The first kappa shape index (κ1) is 14.7. The molecule has 1 heterocycles. The standard InChI is InChI=1S/C18H25NO2/c19-16(14-5-2-1-3-6-14)7-8-17(20)15-9-12-21-18(13-15)10-4-11-18/h1-3,5-6,15-16H,4,7-13,19H2. The van der Waals surface area contributed by atoms with E-state index in [0.717, 1.165) is 44.3 Å². The molecule has 1 aliphatic carbocycles. The van der Waals surface area contributed by atoms with Gasteiger partial charge in [0, 0.05) is 25.0 Å². The van der Waals surface area contributed by atoms with Gasteiger partial charge in [-0.15, -0.1) is 0 Å². The number of Topliss-reactive ketones (excluding diaryl/α,β-unsaturated/α-hetero) is 1. The number of carbonyl (C=O) groups is 1. The molecule has 21 heavy (non-hydrogen) atoms. The fraction of sp³-hybridized carbons (Fsp3) is 0.611. The molecule has 1 aromatic rings. The Balaban J connectivity index is 1.50. The van der Waals surface area contributed by atoms with Crippen molar-refractivity contribution in [1.29, 1.82) is 0 Å². The quantitative estimate of drug-likeness (QED) is 0.903. The highest BCUT2D eigenvalue weighted by molar-refractivity contribution is 5.81. The second kappa shape index (κ2) is 6.29. The lowest BCUT2D eigenvalue weighted by molar-refractivity contribution is -0.155. The predicted molar refractivity (Wildman–Crippen MR) is 82.9 cm³/mol. The zero-order valence-corrected chi connectivity index (χ0v) is 12.6. The van der Waals surface area contributed by atoms with Crippen molar-refractivity contribution in [3.8, 4) is 0 Å². The fourth-order valence-corrected chi connectivity index (χ4v) is 3.59. The second-order valence-electron chi connectivity index (χ2n) is 6.60. The van der Waals surface area contributed by atoms with Gasteiger partial charge >= 0.3 is 0 Å². The summed E-state index contributed by atoms with van der Waals surface area (Å²) in [6.45, 7) is 0.751. The van der Waals surface area contributed by atoms with Crippen LogP contribution in [0.2, 0.25) is 0 Å². The smallest absolute Gasteiger partial charge is 0.136 e. The molecular formula is C18H25NO2. The lowest BCUT2D eigenvalue weighted by atomic mass is 9.71. The van der Waals surface area contributed by atoms with Gasteiger partial charge in [-0.1, -0.05) is 30.3 Å². The molecule has 0 radical (unpaired) electrons. The molecule has 1 saturated heterocycles. The van der Waals surface area contributed by atoms with E-state index in [4.69, 9.17) is 10.5 Å². The van der Waals surface area contributed by atoms with E-state index in [1.165, 1.54) is 6.42 Å². The molecule has 1 saturated carbocycles. The summed E-state index contributed by atoms with van der Waals surface area (Å²) < 4.78 is 5.90. The number of nitrogens with two attached hydrogens (primary N) is 1. The molecule has 0 aromatic heterocycles. The Bertz CT molecular complexity index is 481. The number of ether oxygens (including phenoxy) is 1. The minimum absolute atomic E-state index is 0.0346. The summed E-state index contributed by atoms with van der Waals surface area (Å²) in [5.41, 5.74) is 7.36. The number of benzene rings is 1. The van der Waals surface area contributed by atoms with Crippen molar-refractivity contribution >= 4 is 5.78 Å². The Morgan fingerprint density at radius 2 is 2.10 bits per heavy atom. The zero-order chi connectivity index (χ0) is 14.7. The van der Waals surface area contributed by atoms with Crippen molar-refractivity contribution in [3.05, 3.63) is 35.9 Å². The summed E-state index contributed by atoms with van der Waals surface area (Å²) in [6.07, 6.45) is 6.69. The normalized spacial score (nSPS) is 25.3. The lowest BCUT2D eigenvalue weighted by Gasteiger charge is -2.46. The molecule has 0 bridgehead atoms. The first-order valence-corrected chi connectivity index (χ1v) is 8.16. The highest BCUT2D eigenvalue weighted by atomic mass is 16.5. The molecule has 0 amide bonds. The zero-order valence-electron chi connectivity index (χ0n) is 12.6. The van der Waals surface area contributed by atoms with Gasteiger partial charge in [-0.2, -0.15) is 0 Å². The third-order valence-corrected chi connectivity index (χ3v) is 5.14. The molecule has 3 rings (SSSR count). The van der Waals surface area contributed by atoms with Crippen LogP contribution in [0.4, 0.5) is 0 Å². The van der Waals surface area contributed by atoms with Crippen LogP contribution in [0.3, 0.4) is 0 Å². The van der Waals surface area contributed by atoms with E-state index >= 15 is 0 Å². The van der Waals surface area contributed by atoms with Crippen LogP contribution in [0.25, 0.3) is 0 Å². The van der Waals surface area contributed by atoms with Crippen molar-refractivity contribution in [2.24, 2.45) is 11.7 Å². The van der Waals surface area contributed by atoms with Gasteiger partial charge in [0.1, 0.15) is 5.78 Å². The van der Waals surface area contributed by atoms with Crippen molar-refractivity contribution in [3.63, 3.8) is 0 Å². The average Bonchev–Trinajstić information content (AvgIpc) is 2.51. The molecule has 2 atom stereocenters. The minimum atomic E-state index is -0.0346. The first-order chi connectivity index (χ1) is 10.2. The Morgan fingerprint density at radius 3 is 2.76 bits per heavy atom. The highest BCUT2D eigenvalue weighted by Gasteiger charge is 2.43. The summed E-state index contributed by atoms with van der Waals surface area (Å²) in [6, 6.07) is 10.0. The molecule has 3 nitrogen and oxygen atoms in total. The Morgan fingerprint density at radius 1 is 1.33 bits per heavy atom. The van der Waals surface area contributed by atoms with Gasteiger partial charge in [0.2, 0.25) is 0 Å². The van der Waals surface area contributed by atoms with E-state index in [-0.39, 0.29) is 17.6 Å². The Kier molecular flexibility index (Phi) is 4.41. The van der Waals surface area contributed by atoms with Crippen LogP contribution < -0.4 is 5.73 Å². The summed E-state index contributed by atoms with van der Waals surface area (Å²) in [5.74, 6) is 0.581. The molecule has 2 fully saturated rings. The summed E-state index contributed by atoms with van der Waals surface area (Å²) in [7, 11) is 0. The summed E-state index contributed by atoms with van der Waals surface area (Å²) >= 11 is 0. The number of carbonyl (C=O) groups excluding carboxylic acids is 1. The van der Waals surface area contributed by atoms with Gasteiger partial charge in [-0.3, -0.25) is 4.79 Å². The molecule has 3 heteroatoms. The van der Waals surface area contributed by atoms with Crippen LogP contribution >= 0.6 is 0 Å². The number of hydrogen-bond donors (Lipinski definition) is 1. The van der Waals surface area contributed by atoms with Gasteiger partial charge in [0.15, 0.2) is 0 Å². The predicted octanol–water partition coefficient (Wildman–Crippen LogP) is 3.39. The molecule has 1 aromatic carbocycles. The van der Waals surface area contributed by atoms with E-state index in [1.54, 1.807) is 0 Å². The van der Waals surface area contributed by atoms with Crippen LogP contribution in [0.15, 0.2) is 30.3 Å². The van der Waals surface area contributed by atoms with E-state index in [1.807, 2.05) is 30.3 Å². The van der Waals surface area contributed by atoms with Crippen molar-refractivity contribution in [2.75, 3.05) is 6.61 Å². The molecule has 2 N–H and O–H groups in total. The van der Waals surface area contributed by atoms with Gasteiger partial charge in [0.05, 0.1) is 5.60 Å². The maximum Gasteiger partial charge on any atom is 0.136 e. The van der Waals surface area contributed by atoms with Crippen molar-refractivity contribution < 1.29 is 9.53 Å². The molecule has 1 aliphatic heterocycles. The van der Waals surface area contributed by atoms with Gasteiger partial charge < -0.3 is 10.5 Å². The molecule has 2 aliphatic rings.